The highest BCUT2D eigenvalue weighted by atomic mass is 16.6. The van der Waals surface area contributed by atoms with E-state index in [1.165, 1.54) is 6.07 Å². The second-order valence-electron chi connectivity index (χ2n) is 12.9. The zero-order valence-corrected chi connectivity index (χ0v) is 26.6. The molecule has 0 aliphatic heterocycles. The first kappa shape index (κ1) is 33.7. The van der Waals surface area contributed by atoms with Crippen molar-refractivity contribution in [1.29, 1.82) is 0 Å². The summed E-state index contributed by atoms with van der Waals surface area (Å²) in [6, 6.07) is 8.73. The van der Waals surface area contributed by atoms with E-state index in [-0.39, 0.29) is 23.5 Å². The summed E-state index contributed by atoms with van der Waals surface area (Å²) in [4.78, 5) is 43.3. The van der Waals surface area contributed by atoms with Crippen LogP contribution in [0, 0.1) is 26.7 Å². The monoisotopic (exact) mass is 567 g/mol. The summed E-state index contributed by atoms with van der Waals surface area (Å²) in [5.74, 6) is -0.602. The molecule has 0 fully saturated rings. The van der Waals surface area contributed by atoms with Crippen LogP contribution < -0.4 is 10.6 Å². The minimum atomic E-state index is -1.05. The highest BCUT2D eigenvalue weighted by Crippen LogP contribution is 2.35. The number of para-hydroxylation sites is 1. The topological polar surface area (TPSA) is 108 Å². The molecule has 0 aromatic heterocycles. The van der Waals surface area contributed by atoms with Gasteiger partial charge in [0, 0.05) is 11.2 Å². The molecule has 0 aliphatic rings. The molecule has 0 radical (unpaired) electrons. The van der Waals surface area contributed by atoms with Crippen molar-refractivity contribution in [1.82, 2.24) is 10.2 Å². The van der Waals surface area contributed by atoms with Crippen LogP contribution in [0.15, 0.2) is 36.4 Å². The van der Waals surface area contributed by atoms with E-state index < -0.39 is 29.3 Å². The van der Waals surface area contributed by atoms with E-state index in [4.69, 9.17) is 4.74 Å². The van der Waals surface area contributed by atoms with E-state index in [2.05, 4.69) is 10.6 Å². The lowest BCUT2D eigenvalue weighted by molar-refractivity contribution is -0.148. The largest absolute Gasteiger partial charge is 0.508 e. The Morgan fingerprint density at radius 2 is 1.54 bits per heavy atom. The summed E-state index contributed by atoms with van der Waals surface area (Å²) in [7, 11) is 0. The molecule has 41 heavy (non-hydrogen) atoms. The van der Waals surface area contributed by atoms with Crippen molar-refractivity contribution in [2.75, 3.05) is 5.32 Å². The average molecular weight is 568 g/mol. The Labute approximate surface area is 245 Å². The Balaban J connectivity index is 2.72. The van der Waals surface area contributed by atoms with Gasteiger partial charge in [-0.3, -0.25) is 9.59 Å². The fraction of sp³-hybridized carbons (Fsp3) is 0.545. The molecule has 8 nitrogen and oxygen atoms in total. The molecule has 0 spiro atoms. The molecule has 3 N–H and O–H groups in total. The summed E-state index contributed by atoms with van der Waals surface area (Å²) < 4.78 is 5.49. The highest BCUT2D eigenvalue weighted by Gasteiger charge is 2.43. The Kier molecular flexibility index (Phi) is 11.0. The first-order chi connectivity index (χ1) is 18.9. The lowest BCUT2D eigenvalue weighted by Crippen LogP contribution is -2.59. The van der Waals surface area contributed by atoms with Gasteiger partial charge in [-0.2, -0.15) is 0 Å². The summed E-state index contributed by atoms with van der Waals surface area (Å²) in [6.45, 7) is 20.6. The number of amides is 3. The predicted molar refractivity (Wildman–Crippen MR) is 164 cm³/mol. The van der Waals surface area contributed by atoms with Crippen molar-refractivity contribution >= 4 is 23.6 Å². The van der Waals surface area contributed by atoms with Crippen LogP contribution in [0.4, 0.5) is 10.5 Å². The molecular formula is C33H49N3O5. The highest BCUT2D eigenvalue weighted by molar-refractivity contribution is 6.00. The number of nitrogens with zero attached hydrogens (tertiary/aromatic N) is 1. The number of carbonyl (C=O) groups excluding carboxylic acids is 3. The molecule has 0 heterocycles. The molecule has 0 saturated heterocycles. The van der Waals surface area contributed by atoms with Crippen molar-refractivity contribution < 1.29 is 24.2 Å². The quantitative estimate of drug-likeness (QED) is 0.288. The molecule has 2 aromatic rings. The van der Waals surface area contributed by atoms with Crippen LogP contribution in [0.5, 0.6) is 5.75 Å². The van der Waals surface area contributed by atoms with E-state index >= 15 is 0 Å². The van der Waals surface area contributed by atoms with Crippen LogP contribution in [0.25, 0.3) is 0 Å². The van der Waals surface area contributed by atoms with Crippen LogP contribution in [0.3, 0.4) is 0 Å². The number of benzene rings is 2. The number of anilines is 1. The fourth-order valence-electron chi connectivity index (χ4n) is 4.73. The smallest absolute Gasteiger partial charge is 0.408 e. The van der Waals surface area contributed by atoms with Crippen molar-refractivity contribution in [2.45, 2.75) is 112 Å². The van der Waals surface area contributed by atoms with E-state index in [0.29, 0.717) is 29.7 Å². The Morgan fingerprint density at radius 1 is 0.951 bits per heavy atom. The molecule has 2 atom stereocenters. The van der Waals surface area contributed by atoms with Gasteiger partial charge in [-0.1, -0.05) is 45.0 Å². The third kappa shape index (κ3) is 8.97. The van der Waals surface area contributed by atoms with Gasteiger partial charge in [-0.15, -0.1) is 0 Å². The van der Waals surface area contributed by atoms with E-state index in [1.807, 2.05) is 66.7 Å². The van der Waals surface area contributed by atoms with Gasteiger partial charge in [0.15, 0.2) is 0 Å². The number of nitrogens with one attached hydrogen (secondary N) is 2. The zero-order valence-electron chi connectivity index (χ0n) is 26.6. The van der Waals surface area contributed by atoms with Crippen LogP contribution in [0.2, 0.25) is 0 Å². The number of alkyl carbamates (subject to hydrolysis) is 1. The number of hydrogen-bond acceptors (Lipinski definition) is 5. The molecule has 0 saturated carbocycles. The number of aromatic hydroxyl groups is 1. The average Bonchev–Trinajstić information content (AvgIpc) is 2.84. The van der Waals surface area contributed by atoms with Crippen molar-refractivity contribution in [3.63, 3.8) is 0 Å². The first-order valence-electron chi connectivity index (χ1n) is 14.4. The molecule has 2 unspecified atom stereocenters. The Morgan fingerprint density at radius 3 is 2.02 bits per heavy atom. The van der Waals surface area contributed by atoms with Crippen molar-refractivity contribution in [3.8, 4) is 5.75 Å². The van der Waals surface area contributed by atoms with Crippen molar-refractivity contribution in [3.05, 3.63) is 58.7 Å². The Hall–Kier alpha value is -3.55. The van der Waals surface area contributed by atoms with Crippen LogP contribution in [-0.4, -0.2) is 45.1 Å². The number of carbonyl (C=O) groups is 3. The Bertz CT molecular complexity index is 1230. The fourth-order valence-corrected chi connectivity index (χ4v) is 4.73. The van der Waals surface area contributed by atoms with Gasteiger partial charge in [0.25, 0.3) is 5.91 Å². The molecule has 2 aromatic carbocycles. The number of aryl methyl sites for hydroxylation is 3. The third-order valence-electron chi connectivity index (χ3n) is 7.22. The van der Waals surface area contributed by atoms with Gasteiger partial charge in [0.2, 0.25) is 5.91 Å². The molecule has 3 amide bonds. The molecule has 8 heteroatoms. The molecule has 2 rings (SSSR count). The number of ether oxygens (including phenoxy) is 1. The second kappa shape index (κ2) is 13.4. The molecular weight excluding hydrogens is 518 g/mol. The molecule has 0 bridgehead atoms. The summed E-state index contributed by atoms with van der Waals surface area (Å²) in [5, 5.41) is 16.1. The first-order valence-corrected chi connectivity index (χ1v) is 14.4. The van der Waals surface area contributed by atoms with Gasteiger partial charge < -0.3 is 25.4 Å². The lowest BCUT2D eigenvalue weighted by atomic mass is 9.90. The molecule has 226 valence electrons. The number of hydrogen-bond donors (Lipinski definition) is 3. The van der Waals surface area contributed by atoms with E-state index in [9.17, 15) is 19.5 Å². The van der Waals surface area contributed by atoms with Gasteiger partial charge in [-0.25, -0.2) is 4.79 Å². The number of phenols is 1. The van der Waals surface area contributed by atoms with Gasteiger partial charge in [-0.05, 0) is 109 Å². The van der Waals surface area contributed by atoms with Crippen LogP contribution in [-0.2, 0) is 14.3 Å². The number of phenolic OH excluding ortho intramolecular Hbond substituents is 1. The normalized spacial score (nSPS) is 13.4. The maximum absolute atomic E-state index is 14.6. The third-order valence-corrected chi connectivity index (χ3v) is 7.22. The number of rotatable bonds is 10. The van der Waals surface area contributed by atoms with Crippen LogP contribution >= 0.6 is 0 Å². The SMILES string of the molecule is CCC(C)(C)N(C(=O)C(CC(C)C)NC(=O)OC(C)(C)C)C(C(=O)Nc1c(C)cccc1C)c1ccc(O)c(C)c1. The maximum Gasteiger partial charge on any atom is 0.408 e. The standard InChI is InChI=1S/C33H49N3O5/c1-12-33(10,11)36(30(39)25(18-20(2)3)34-31(40)41-32(7,8)9)28(24-16-17-26(37)23(6)19-24)29(38)35-27-21(4)14-13-15-22(27)5/h13-17,19-20,25,28,37H,12,18H2,1-11H3,(H,34,40)(H,35,38). The maximum atomic E-state index is 14.6. The van der Waals surface area contributed by atoms with Crippen LogP contribution in [0.1, 0.15) is 96.5 Å². The van der Waals surface area contributed by atoms with Crippen molar-refractivity contribution in [2.24, 2.45) is 5.92 Å². The summed E-state index contributed by atoms with van der Waals surface area (Å²) in [5.41, 5.74) is 2.10. The minimum absolute atomic E-state index is 0.0725. The van der Waals surface area contributed by atoms with E-state index in [0.717, 1.165) is 11.1 Å². The lowest BCUT2D eigenvalue weighted by Gasteiger charge is -2.45. The van der Waals surface area contributed by atoms with Gasteiger partial charge in [0.05, 0.1) is 0 Å². The van der Waals surface area contributed by atoms with Gasteiger partial charge >= 0.3 is 6.09 Å². The predicted octanol–water partition coefficient (Wildman–Crippen LogP) is 6.95. The summed E-state index contributed by atoms with van der Waals surface area (Å²) >= 11 is 0. The van der Waals surface area contributed by atoms with E-state index in [1.54, 1.807) is 44.7 Å². The van der Waals surface area contributed by atoms with Gasteiger partial charge in [0.1, 0.15) is 23.4 Å². The molecule has 0 aliphatic carbocycles. The second-order valence-corrected chi connectivity index (χ2v) is 12.9. The minimum Gasteiger partial charge on any atom is -0.508 e. The zero-order chi connectivity index (χ0) is 31.3. The summed E-state index contributed by atoms with van der Waals surface area (Å²) in [6.07, 6.45) is 0.209.